The van der Waals surface area contributed by atoms with Crippen LogP contribution in [0.3, 0.4) is 0 Å². The topological polar surface area (TPSA) is 40.6 Å². The monoisotopic (exact) mass is 368 g/mol. The van der Waals surface area contributed by atoms with E-state index in [-0.39, 0.29) is 0 Å². The molecule has 1 rings (SSSR count). The number of hydrogen-bond donors (Lipinski definition) is 0. The molecule has 4 nitrogen and oxygen atoms in total. The van der Waals surface area contributed by atoms with Gasteiger partial charge in [0.25, 0.3) is 0 Å². The molecule has 1 saturated heterocycles. The number of alkyl halides is 1. The maximum absolute atomic E-state index is 11.7. The summed E-state index contributed by atoms with van der Waals surface area (Å²) in [5.74, 6) is 0.470. The molecule has 0 amide bonds. The van der Waals surface area contributed by atoms with Crippen molar-refractivity contribution in [1.29, 1.82) is 0 Å². The molecule has 1 heterocycles. The van der Waals surface area contributed by atoms with Crippen LogP contribution in [0.15, 0.2) is 0 Å². The van der Waals surface area contributed by atoms with E-state index in [2.05, 4.69) is 34.7 Å². The predicted molar refractivity (Wildman–Crippen MR) is 88.9 cm³/mol. The predicted octanol–water partition coefficient (Wildman–Crippen LogP) is 2.54. The highest BCUT2D eigenvalue weighted by Crippen LogP contribution is 2.21. The molecule has 20 heavy (non-hydrogen) atoms. The smallest absolute Gasteiger partial charge is 0.211 e. The molecule has 1 atom stereocenters. The van der Waals surface area contributed by atoms with Gasteiger partial charge in [0.1, 0.15) is 0 Å². The largest absolute Gasteiger partial charge is 0.299 e. The van der Waals surface area contributed by atoms with Crippen LogP contribution in [0.4, 0.5) is 0 Å². The summed E-state index contributed by atoms with van der Waals surface area (Å²) in [5, 5.41) is 0.978. The standard InChI is InChI=1S/C14H29BrN2O2S/c1-4-14(5-2)16(10-8-15)11-13-7-6-9-17(12-13)20(3,18)19/h13-14H,4-12H2,1-3H3. The molecule has 0 bridgehead atoms. The Morgan fingerprint density at radius 3 is 2.50 bits per heavy atom. The summed E-state index contributed by atoms with van der Waals surface area (Å²) in [6, 6.07) is 0.612. The van der Waals surface area contributed by atoms with Crippen LogP contribution in [0.1, 0.15) is 39.5 Å². The highest BCUT2D eigenvalue weighted by Gasteiger charge is 2.28. The molecule has 0 N–H and O–H groups in total. The number of hydrogen-bond acceptors (Lipinski definition) is 3. The van der Waals surface area contributed by atoms with E-state index in [1.165, 1.54) is 6.26 Å². The fraction of sp³-hybridized carbons (Fsp3) is 1.00. The zero-order valence-electron chi connectivity index (χ0n) is 13.0. The molecule has 1 fully saturated rings. The summed E-state index contributed by atoms with van der Waals surface area (Å²) in [6.45, 7) is 7.92. The number of rotatable bonds is 8. The Balaban J connectivity index is 2.63. The average molecular weight is 369 g/mol. The first kappa shape index (κ1) is 18.4. The number of piperidine rings is 1. The summed E-state index contributed by atoms with van der Waals surface area (Å²) in [7, 11) is -3.03. The molecule has 1 unspecified atom stereocenters. The van der Waals surface area contributed by atoms with E-state index in [9.17, 15) is 8.42 Å². The second-order valence-corrected chi connectivity index (χ2v) is 8.56. The van der Waals surface area contributed by atoms with Crippen LogP contribution in [0.2, 0.25) is 0 Å². The van der Waals surface area contributed by atoms with Gasteiger partial charge in [-0.1, -0.05) is 29.8 Å². The Morgan fingerprint density at radius 2 is 2.00 bits per heavy atom. The molecular formula is C14H29BrN2O2S. The lowest BCUT2D eigenvalue weighted by atomic mass is 9.97. The number of halogens is 1. The molecule has 0 aromatic rings. The summed E-state index contributed by atoms with van der Waals surface area (Å²) in [4.78, 5) is 2.53. The SMILES string of the molecule is CCC(CC)N(CCBr)CC1CCCN(S(C)(=O)=O)C1. The second kappa shape index (κ2) is 8.71. The van der Waals surface area contributed by atoms with Gasteiger partial charge in [0, 0.05) is 37.6 Å². The quantitative estimate of drug-likeness (QED) is 0.618. The van der Waals surface area contributed by atoms with Gasteiger partial charge in [-0.3, -0.25) is 4.90 Å². The first-order valence-corrected chi connectivity index (χ1v) is 10.6. The molecule has 120 valence electrons. The van der Waals surface area contributed by atoms with Gasteiger partial charge in [0.15, 0.2) is 0 Å². The van der Waals surface area contributed by atoms with Gasteiger partial charge in [0.2, 0.25) is 10.0 Å². The van der Waals surface area contributed by atoms with Crippen LogP contribution in [0, 0.1) is 5.92 Å². The molecule has 1 aliphatic heterocycles. The highest BCUT2D eigenvalue weighted by molar-refractivity contribution is 9.09. The van der Waals surface area contributed by atoms with E-state index in [1.807, 2.05) is 0 Å². The first-order valence-electron chi connectivity index (χ1n) is 7.67. The van der Waals surface area contributed by atoms with Crippen molar-refractivity contribution < 1.29 is 8.42 Å². The highest BCUT2D eigenvalue weighted by atomic mass is 79.9. The lowest BCUT2D eigenvalue weighted by Crippen LogP contribution is -2.46. The van der Waals surface area contributed by atoms with Crippen molar-refractivity contribution in [2.75, 3.05) is 37.8 Å². The van der Waals surface area contributed by atoms with Crippen molar-refractivity contribution in [3.05, 3.63) is 0 Å². The third-order valence-electron chi connectivity index (χ3n) is 4.27. The maximum Gasteiger partial charge on any atom is 0.211 e. The number of sulfonamides is 1. The number of nitrogens with zero attached hydrogens (tertiary/aromatic N) is 2. The molecule has 0 aromatic heterocycles. The fourth-order valence-corrected chi connectivity index (χ4v) is 4.54. The Morgan fingerprint density at radius 1 is 1.35 bits per heavy atom. The molecule has 0 aromatic carbocycles. The summed E-state index contributed by atoms with van der Waals surface area (Å²) < 4.78 is 25.0. The van der Waals surface area contributed by atoms with Crippen LogP contribution < -0.4 is 0 Å². The molecule has 1 aliphatic rings. The summed E-state index contributed by atoms with van der Waals surface area (Å²) in [6.07, 6.45) is 5.78. The normalized spacial score (nSPS) is 21.8. The second-order valence-electron chi connectivity index (χ2n) is 5.78. The molecule has 6 heteroatoms. The van der Waals surface area contributed by atoms with E-state index >= 15 is 0 Å². The average Bonchev–Trinajstić information content (AvgIpc) is 2.39. The summed E-state index contributed by atoms with van der Waals surface area (Å²) >= 11 is 3.54. The van der Waals surface area contributed by atoms with Crippen molar-refractivity contribution in [1.82, 2.24) is 9.21 Å². The minimum absolute atomic E-state index is 0.470. The van der Waals surface area contributed by atoms with E-state index < -0.39 is 10.0 Å². The third-order valence-corrected chi connectivity index (χ3v) is 5.90. The molecule has 0 radical (unpaired) electrons. The van der Waals surface area contributed by atoms with Crippen LogP contribution >= 0.6 is 15.9 Å². The zero-order chi connectivity index (χ0) is 15.2. The fourth-order valence-electron chi connectivity index (χ4n) is 3.15. The van der Waals surface area contributed by atoms with Crippen LogP contribution in [0.25, 0.3) is 0 Å². The lowest BCUT2D eigenvalue weighted by Gasteiger charge is -2.37. The molecule has 0 aliphatic carbocycles. The van der Waals surface area contributed by atoms with Gasteiger partial charge in [-0.05, 0) is 31.6 Å². The van der Waals surface area contributed by atoms with Gasteiger partial charge in [-0.2, -0.15) is 0 Å². The van der Waals surface area contributed by atoms with Gasteiger partial charge in [0.05, 0.1) is 6.26 Å². The van der Waals surface area contributed by atoms with Crippen molar-refractivity contribution in [3.63, 3.8) is 0 Å². The van der Waals surface area contributed by atoms with Gasteiger partial charge < -0.3 is 0 Å². The third kappa shape index (κ3) is 5.62. The Labute approximate surface area is 133 Å². The first-order chi connectivity index (χ1) is 9.42. The Bertz CT molecular complexity index is 371. The van der Waals surface area contributed by atoms with E-state index in [0.29, 0.717) is 25.0 Å². The van der Waals surface area contributed by atoms with Gasteiger partial charge in [-0.25, -0.2) is 12.7 Å². The Kier molecular flexibility index (Phi) is 8.01. The molecule has 0 spiro atoms. The van der Waals surface area contributed by atoms with Crippen molar-refractivity contribution in [2.45, 2.75) is 45.6 Å². The van der Waals surface area contributed by atoms with Crippen LogP contribution in [-0.4, -0.2) is 61.4 Å². The van der Waals surface area contributed by atoms with Crippen molar-refractivity contribution >= 4 is 26.0 Å². The van der Waals surface area contributed by atoms with Gasteiger partial charge >= 0.3 is 0 Å². The van der Waals surface area contributed by atoms with E-state index in [4.69, 9.17) is 0 Å². The minimum Gasteiger partial charge on any atom is -0.299 e. The van der Waals surface area contributed by atoms with E-state index in [1.54, 1.807) is 4.31 Å². The van der Waals surface area contributed by atoms with Crippen LogP contribution in [0.5, 0.6) is 0 Å². The zero-order valence-corrected chi connectivity index (χ0v) is 15.4. The Hall–Kier alpha value is 0.350. The maximum atomic E-state index is 11.7. The minimum atomic E-state index is -3.03. The molecule has 0 saturated carbocycles. The van der Waals surface area contributed by atoms with Crippen LogP contribution in [-0.2, 0) is 10.0 Å². The van der Waals surface area contributed by atoms with Crippen molar-refractivity contribution in [3.8, 4) is 0 Å². The van der Waals surface area contributed by atoms with E-state index in [0.717, 1.165) is 44.1 Å². The van der Waals surface area contributed by atoms with Crippen molar-refractivity contribution in [2.24, 2.45) is 5.92 Å². The van der Waals surface area contributed by atoms with Gasteiger partial charge in [-0.15, -0.1) is 0 Å². The lowest BCUT2D eigenvalue weighted by molar-refractivity contribution is 0.138. The molecular weight excluding hydrogens is 340 g/mol. The summed E-state index contributed by atoms with van der Waals surface area (Å²) in [5.41, 5.74) is 0.